The van der Waals surface area contributed by atoms with Gasteiger partial charge in [-0.25, -0.2) is 9.78 Å². The number of carbonyl (C=O) groups excluding carboxylic acids is 1. The lowest BCUT2D eigenvalue weighted by atomic mass is 9.98. The second-order valence-electron chi connectivity index (χ2n) is 9.50. The summed E-state index contributed by atoms with van der Waals surface area (Å²) in [6.45, 7) is 10.8. The Bertz CT molecular complexity index is 943. The summed E-state index contributed by atoms with van der Waals surface area (Å²) in [6, 6.07) is 6.40. The first-order valence-electron chi connectivity index (χ1n) is 10.5. The van der Waals surface area contributed by atoms with Crippen molar-refractivity contribution in [3.63, 3.8) is 0 Å². The van der Waals surface area contributed by atoms with E-state index in [1.54, 1.807) is 16.2 Å². The second-order valence-corrected chi connectivity index (χ2v) is 10.6. The van der Waals surface area contributed by atoms with Crippen LogP contribution in [-0.4, -0.2) is 53.2 Å². The quantitative estimate of drug-likeness (QED) is 0.667. The van der Waals surface area contributed by atoms with Crippen molar-refractivity contribution >= 4 is 33.3 Å². The van der Waals surface area contributed by atoms with Crippen molar-refractivity contribution in [1.29, 1.82) is 0 Å². The van der Waals surface area contributed by atoms with Gasteiger partial charge in [-0.2, -0.15) is 0 Å². The summed E-state index contributed by atoms with van der Waals surface area (Å²) in [4.78, 5) is 22.0. The molecule has 29 heavy (non-hydrogen) atoms. The van der Waals surface area contributed by atoms with Gasteiger partial charge in [0.2, 0.25) is 0 Å². The Morgan fingerprint density at radius 3 is 2.76 bits per heavy atom. The Morgan fingerprint density at radius 1 is 1.28 bits per heavy atom. The van der Waals surface area contributed by atoms with Crippen LogP contribution in [-0.2, 0) is 4.74 Å². The molecule has 1 saturated heterocycles. The number of fused-ring (bicyclic) bond motifs is 1. The van der Waals surface area contributed by atoms with Gasteiger partial charge in [0.05, 0.1) is 20.9 Å². The van der Waals surface area contributed by atoms with Crippen LogP contribution in [0.4, 0.5) is 4.79 Å². The molecular weight excluding hydrogens is 382 g/mol. The molecule has 1 aromatic carbocycles. The minimum absolute atomic E-state index is 0.275. The molecule has 1 unspecified atom stereocenters. The number of aromatic nitrogens is 1. The zero-order chi connectivity index (χ0) is 20.8. The van der Waals surface area contributed by atoms with Crippen molar-refractivity contribution in [3.8, 4) is 0 Å². The van der Waals surface area contributed by atoms with Crippen LogP contribution in [0.2, 0.25) is 0 Å². The number of nitrogens with zero attached hydrogens (tertiary/aromatic N) is 3. The molecule has 6 heteroatoms. The zero-order valence-electron chi connectivity index (χ0n) is 18.1. The van der Waals surface area contributed by atoms with Crippen LogP contribution in [0.3, 0.4) is 0 Å². The minimum Gasteiger partial charge on any atom is -0.443 e. The SMILES string of the molecule is C[C@H]1CC=C(c2ccc3sc(C4CCN(C)C4)nc3c2)N(C(=O)OC(C)(C)C)C1. The third kappa shape index (κ3) is 4.48. The molecule has 1 aromatic heterocycles. The van der Waals surface area contributed by atoms with E-state index in [9.17, 15) is 4.79 Å². The standard InChI is InChI=1S/C23H31N3O2S/c1-15-6-8-19(26(13-15)22(27)28-23(2,3)4)16-7-9-20-18(12-16)24-21(29-20)17-10-11-25(5)14-17/h7-9,12,15,17H,6,10-11,13-14H2,1-5H3/t15-,17?/m0/s1. The lowest BCUT2D eigenvalue weighted by Crippen LogP contribution is -2.39. The highest BCUT2D eigenvalue weighted by Gasteiger charge is 2.30. The van der Waals surface area contributed by atoms with Crippen molar-refractivity contribution < 1.29 is 9.53 Å². The summed E-state index contributed by atoms with van der Waals surface area (Å²) in [7, 11) is 2.17. The van der Waals surface area contributed by atoms with Gasteiger partial charge in [0.15, 0.2) is 0 Å². The van der Waals surface area contributed by atoms with E-state index < -0.39 is 5.60 Å². The molecule has 0 radical (unpaired) electrons. The number of rotatable bonds is 2. The van der Waals surface area contributed by atoms with Gasteiger partial charge in [-0.05, 0) is 65.3 Å². The third-order valence-corrected chi connectivity index (χ3v) is 6.75. The van der Waals surface area contributed by atoms with E-state index in [1.165, 1.54) is 16.1 Å². The summed E-state index contributed by atoms with van der Waals surface area (Å²) >= 11 is 1.80. The molecule has 156 valence electrons. The molecule has 0 N–H and O–H groups in total. The number of hydrogen-bond donors (Lipinski definition) is 0. The van der Waals surface area contributed by atoms with Crippen LogP contribution in [0, 0.1) is 5.92 Å². The van der Waals surface area contributed by atoms with Crippen molar-refractivity contribution in [1.82, 2.24) is 14.8 Å². The maximum absolute atomic E-state index is 12.9. The van der Waals surface area contributed by atoms with E-state index in [0.29, 0.717) is 18.4 Å². The fourth-order valence-electron chi connectivity index (χ4n) is 4.09. The van der Waals surface area contributed by atoms with Crippen molar-refractivity contribution in [2.75, 3.05) is 26.7 Å². The molecule has 0 saturated carbocycles. The summed E-state index contributed by atoms with van der Waals surface area (Å²) in [5, 5.41) is 1.23. The van der Waals surface area contributed by atoms with Crippen molar-refractivity contribution in [2.45, 2.75) is 52.1 Å². The molecule has 0 bridgehead atoms. The molecule has 2 aliphatic heterocycles. The Kier molecular flexibility index (Phi) is 5.42. The molecule has 1 fully saturated rings. The topological polar surface area (TPSA) is 45.7 Å². The van der Waals surface area contributed by atoms with E-state index in [-0.39, 0.29) is 6.09 Å². The Balaban J connectivity index is 1.63. The highest BCUT2D eigenvalue weighted by atomic mass is 32.1. The van der Waals surface area contributed by atoms with Crippen molar-refractivity contribution in [3.05, 3.63) is 34.8 Å². The number of allylic oxidation sites excluding steroid dienone is 1. The summed E-state index contributed by atoms with van der Waals surface area (Å²) in [5.74, 6) is 0.953. The van der Waals surface area contributed by atoms with E-state index >= 15 is 0 Å². The zero-order valence-corrected chi connectivity index (χ0v) is 18.9. The molecule has 5 nitrogen and oxygen atoms in total. The maximum Gasteiger partial charge on any atom is 0.414 e. The molecule has 0 spiro atoms. The average Bonchev–Trinajstić information content (AvgIpc) is 3.25. The lowest BCUT2D eigenvalue weighted by molar-refractivity contribution is 0.0327. The molecule has 4 rings (SSSR count). The maximum atomic E-state index is 12.9. The van der Waals surface area contributed by atoms with Crippen LogP contribution in [0.1, 0.15) is 57.0 Å². The fraction of sp³-hybridized carbons (Fsp3) is 0.565. The first kappa shape index (κ1) is 20.4. The summed E-state index contributed by atoms with van der Waals surface area (Å²) in [5.41, 5.74) is 2.50. The van der Waals surface area contributed by atoms with E-state index in [4.69, 9.17) is 9.72 Å². The normalized spacial score (nSPS) is 23.5. The number of amides is 1. The summed E-state index contributed by atoms with van der Waals surface area (Å²) in [6.07, 6.45) is 4.03. The highest BCUT2D eigenvalue weighted by Crippen LogP contribution is 2.35. The predicted octanol–water partition coefficient (Wildman–Crippen LogP) is 5.33. The third-order valence-electron chi connectivity index (χ3n) is 5.55. The molecular formula is C23H31N3O2S. The highest BCUT2D eigenvalue weighted by molar-refractivity contribution is 7.18. The smallest absolute Gasteiger partial charge is 0.414 e. The number of carbonyl (C=O) groups is 1. The molecule has 1 amide bonds. The molecule has 2 aromatic rings. The van der Waals surface area contributed by atoms with Gasteiger partial charge in [-0.1, -0.05) is 19.1 Å². The molecule has 3 heterocycles. The first-order chi connectivity index (χ1) is 13.7. The first-order valence-corrected chi connectivity index (χ1v) is 11.3. The monoisotopic (exact) mass is 413 g/mol. The van der Waals surface area contributed by atoms with Crippen LogP contribution in [0.25, 0.3) is 15.9 Å². The number of hydrogen-bond acceptors (Lipinski definition) is 5. The van der Waals surface area contributed by atoms with Crippen LogP contribution < -0.4 is 0 Å². The van der Waals surface area contributed by atoms with Gasteiger partial charge in [0.25, 0.3) is 0 Å². The Hall–Kier alpha value is -1.92. The van der Waals surface area contributed by atoms with Crippen LogP contribution in [0.15, 0.2) is 24.3 Å². The summed E-state index contributed by atoms with van der Waals surface area (Å²) < 4.78 is 6.89. The van der Waals surface area contributed by atoms with Crippen LogP contribution >= 0.6 is 11.3 Å². The van der Waals surface area contributed by atoms with Gasteiger partial charge in [0, 0.05) is 24.6 Å². The minimum atomic E-state index is -0.509. The van der Waals surface area contributed by atoms with E-state index in [0.717, 1.165) is 36.3 Å². The molecule has 2 aliphatic rings. The number of thiazole rings is 1. The van der Waals surface area contributed by atoms with Gasteiger partial charge >= 0.3 is 6.09 Å². The number of likely N-dealkylation sites (tertiary alicyclic amines) is 1. The number of benzene rings is 1. The van der Waals surface area contributed by atoms with E-state index in [1.807, 2.05) is 20.8 Å². The van der Waals surface area contributed by atoms with E-state index in [2.05, 4.69) is 43.1 Å². The van der Waals surface area contributed by atoms with Gasteiger partial charge in [0.1, 0.15) is 5.60 Å². The van der Waals surface area contributed by atoms with Gasteiger partial charge < -0.3 is 9.64 Å². The fourth-order valence-corrected chi connectivity index (χ4v) is 5.16. The predicted molar refractivity (Wildman–Crippen MR) is 119 cm³/mol. The molecule has 0 aliphatic carbocycles. The molecule has 2 atom stereocenters. The van der Waals surface area contributed by atoms with Crippen LogP contribution in [0.5, 0.6) is 0 Å². The lowest BCUT2D eigenvalue weighted by Gasteiger charge is -2.33. The van der Waals surface area contributed by atoms with Gasteiger partial charge in [-0.15, -0.1) is 11.3 Å². The van der Waals surface area contributed by atoms with Gasteiger partial charge in [-0.3, -0.25) is 4.90 Å². The Morgan fingerprint density at radius 2 is 2.07 bits per heavy atom. The number of likely N-dealkylation sites (N-methyl/N-ethyl adjacent to an activating group) is 1. The average molecular weight is 414 g/mol. The second kappa shape index (κ2) is 7.73. The largest absolute Gasteiger partial charge is 0.443 e. The van der Waals surface area contributed by atoms with Crippen molar-refractivity contribution in [2.24, 2.45) is 5.92 Å². The Labute approximate surface area is 177 Å². The number of ether oxygens (including phenoxy) is 1.